The van der Waals surface area contributed by atoms with E-state index in [2.05, 4.69) is 4.98 Å². The predicted molar refractivity (Wildman–Crippen MR) is 64.1 cm³/mol. The van der Waals surface area contributed by atoms with Crippen molar-refractivity contribution in [1.82, 2.24) is 4.98 Å². The van der Waals surface area contributed by atoms with E-state index in [0.717, 1.165) is 12.1 Å². The predicted octanol–water partition coefficient (Wildman–Crippen LogP) is 2.30. The number of nitrogens with two attached hydrogens (primary N) is 1. The molecule has 1 aromatic carbocycles. The number of rotatable bonds is 3. The monoisotopic (exact) mass is 264 g/mol. The number of esters is 1. The van der Waals surface area contributed by atoms with Crippen molar-refractivity contribution < 1.29 is 18.3 Å². The number of ether oxygens (including phenoxy) is 1. The van der Waals surface area contributed by atoms with Crippen LogP contribution in [0.4, 0.5) is 14.5 Å². The van der Waals surface area contributed by atoms with E-state index >= 15 is 0 Å². The largest absolute Gasteiger partial charge is 0.456 e. The maximum absolute atomic E-state index is 13.3. The zero-order valence-corrected chi connectivity index (χ0v) is 9.77. The van der Waals surface area contributed by atoms with E-state index in [4.69, 9.17) is 10.5 Å². The lowest BCUT2D eigenvalue weighted by Gasteiger charge is -2.05. The lowest BCUT2D eigenvalue weighted by molar-refractivity contribution is 0.0462. The molecule has 19 heavy (non-hydrogen) atoms. The van der Waals surface area contributed by atoms with Gasteiger partial charge in [0.05, 0.1) is 11.9 Å². The molecule has 0 aliphatic carbocycles. The topological polar surface area (TPSA) is 65.2 Å². The van der Waals surface area contributed by atoms with E-state index in [9.17, 15) is 13.6 Å². The van der Waals surface area contributed by atoms with Gasteiger partial charge in [-0.05, 0) is 24.3 Å². The summed E-state index contributed by atoms with van der Waals surface area (Å²) in [6.07, 6.45) is 1.31. The van der Waals surface area contributed by atoms with E-state index in [0.29, 0.717) is 5.69 Å². The summed E-state index contributed by atoms with van der Waals surface area (Å²) in [6, 6.07) is 5.94. The molecule has 1 aromatic heterocycles. The normalized spacial score (nSPS) is 10.2. The molecule has 98 valence electrons. The van der Waals surface area contributed by atoms with Crippen LogP contribution in [0.15, 0.2) is 36.5 Å². The molecule has 2 rings (SSSR count). The van der Waals surface area contributed by atoms with Crippen LogP contribution in [-0.2, 0) is 11.3 Å². The highest BCUT2D eigenvalue weighted by atomic mass is 19.1. The number of carbonyl (C=O) groups excluding carboxylic acids is 1. The van der Waals surface area contributed by atoms with Crippen molar-refractivity contribution in [2.45, 2.75) is 6.61 Å². The van der Waals surface area contributed by atoms with Gasteiger partial charge in [-0.2, -0.15) is 0 Å². The van der Waals surface area contributed by atoms with Crippen molar-refractivity contribution in [2.75, 3.05) is 5.73 Å². The van der Waals surface area contributed by atoms with Gasteiger partial charge >= 0.3 is 5.97 Å². The Balaban J connectivity index is 2.02. The third kappa shape index (κ3) is 3.25. The molecule has 4 nitrogen and oxygen atoms in total. The molecule has 6 heteroatoms. The first kappa shape index (κ1) is 12.9. The van der Waals surface area contributed by atoms with Crippen molar-refractivity contribution in [2.24, 2.45) is 0 Å². The second-order valence-electron chi connectivity index (χ2n) is 3.79. The van der Waals surface area contributed by atoms with E-state index in [1.807, 2.05) is 0 Å². The van der Waals surface area contributed by atoms with Crippen LogP contribution in [-0.4, -0.2) is 11.0 Å². The molecule has 0 unspecified atom stereocenters. The molecule has 0 bridgehead atoms. The summed E-state index contributed by atoms with van der Waals surface area (Å²) in [5.41, 5.74) is 6.00. The van der Waals surface area contributed by atoms with Gasteiger partial charge in [-0.25, -0.2) is 18.6 Å². The molecular weight excluding hydrogens is 254 g/mol. The Kier molecular flexibility index (Phi) is 3.70. The summed E-state index contributed by atoms with van der Waals surface area (Å²) in [4.78, 5) is 15.4. The van der Waals surface area contributed by atoms with Gasteiger partial charge in [0.15, 0.2) is 0 Å². The van der Waals surface area contributed by atoms with Gasteiger partial charge in [0.2, 0.25) is 0 Å². The second kappa shape index (κ2) is 5.43. The number of nitrogens with zero attached hydrogens (tertiary/aromatic N) is 1. The van der Waals surface area contributed by atoms with Gasteiger partial charge in [-0.3, -0.25) is 0 Å². The Morgan fingerprint density at radius 3 is 2.68 bits per heavy atom. The SMILES string of the molecule is Nc1ccc(C(=O)OCc2ccc(F)cc2F)nc1. The number of hydrogen-bond acceptors (Lipinski definition) is 4. The van der Waals surface area contributed by atoms with Gasteiger partial charge in [-0.1, -0.05) is 0 Å². The van der Waals surface area contributed by atoms with E-state index in [-0.39, 0.29) is 17.9 Å². The molecule has 0 spiro atoms. The molecule has 0 aliphatic rings. The van der Waals surface area contributed by atoms with E-state index in [1.54, 1.807) is 0 Å². The van der Waals surface area contributed by atoms with Crippen LogP contribution in [0.5, 0.6) is 0 Å². The average molecular weight is 264 g/mol. The lowest BCUT2D eigenvalue weighted by Crippen LogP contribution is -2.08. The molecular formula is C13H10F2N2O2. The highest BCUT2D eigenvalue weighted by Gasteiger charge is 2.11. The van der Waals surface area contributed by atoms with Crippen LogP contribution in [0.3, 0.4) is 0 Å². The van der Waals surface area contributed by atoms with Gasteiger partial charge in [0.25, 0.3) is 0 Å². The standard InChI is InChI=1S/C13H10F2N2O2/c14-9-2-1-8(11(15)5-9)7-19-13(18)12-4-3-10(16)6-17-12/h1-6H,7,16H2. The van der Waals surface area contributed by atoms with E-state index < -0.39 is 17.6 Å². The summed E-state index contributed by atoms with van der Waals surface area (Å²) in [5, 5.41) is 0. The van der Waals surface area contributed by atoms with Crippen molar-refractivity contribution in [3.8, 4) is 0 Å². The van der Waals surface area contributed by atoms with Crippen LogP contribution in [0, 0.1) is 11.6 Å². The van der Waals surface area contributed by atoms with Crippen LogP contribution in [0.2, 0.25) is 0 Å². The molecule has 0 saturated heterocycles. The number of benzene rings is 1. The van der Waals surface area contributed by atoms with Crippen LogP contribution in [0.1, 0.15) is 16.1 Å². The summed E-state index contributed by atoms with van der Waals surface area (Å²) in [6.45, 7) is -0.295. The first-order valence-corrected chi connectivity index (χ1v) is 5.39. The fourth-order valence-electron chi connectivity index (χ4n) is 1.38. The summed E-state index contributed by atoms with van der Waals surface area (Å²) in [5.74, 6) is -2.16. The number of carbonyl (C=O) groups is 1. The lowest BCUT2D eigenvalue weighted by atomic mass is 10.2. The number of nitrogen functional groups attached to an aromatic ring is 1. The highest BCUT2D eigenvalue weighted by Crippen LogP contribution is 2.12. The van der Waals surface area contributed by atoms with Gasteiger partial charge in [-0.15, -0.1) is 0 Å². The molecule has 0 atom stereocenters. The number of hydrogen-bond donors (Lipinski definition) is 1. The van der Waals surface area contributed by atoms with Crippen molar-refractivity contribution in [1.29, 1.82) is 0 Å². The molecule has 0 amide bonds. The summed E-state index contributed by atoms with van der Waals surface area (Å²) in [7, 11) is 0. The maximum atomic E-state index is 13.3. The fourth-order valence-corrected chi connectivity index (χ4v) is 1.38. The molecule has 2 aromatic rings. The Labute approximate surface area is 107 Å². The van der Waals surface area contributed by atoms with Crippen molar-refractivity contribution >= 4 is 11.7 Å². The van der Waals surface area contributed by atoms with E-state index in [1.165, 1.54) is 24.4 Å². The van der Waals surface area contributed by atoms with Crippen LogP contribution >= 0.6 is 0 Å². The average Bonchev–Trinajstić information content (AvgIpc) is 2.38. The first-order valence-electron chi connectivity index (χ1n) is 5.39. The van der Waals surface area contributed by atoms with Gasteiger partial charge in [0.1, 0.15) is 23.9 Å². The second-order valence-corrected chi connectivity index (χ2v) is 3.79. The molecule has 0 aliphatic heterocycles. The van der Waals surface area contributed by atoms with Gasteiger partial charge < -0.3 is 10.5 Å². The van der Waals surface area contributed by atoms with Gasteiger partial charge in [0, 0.05) is 11.6 Å². The minimum atomic E-state index is -0.766. The Morgan fingerprint density at radius 1 is 1.26 bits per heavy atom. The third-order valence-corrected chi connectivity index (χ3v) is 2.37. The van der Waals surface area contributed by atoms with Crippen LogP contribution < -0.4 is 5.73 Å². The summed E-state index contributed by atoms with van der Waals surface area (Å²) < 4.78 is 30.8. The molecule has 1 heterocycles. The maximum Gasteiger partial charge on any atom is 0.357 e. The first-order chi connectivity index (χ1) is 9.06. The highest BCUT2D eigenvalue weighted by molar-refractivity contribution is 5.87. The molecule has 0 fully saturated rings. The molecule has 0 saturated carbocycles. The zero-order valence-electron chi connectivity index (χ0n) is 9.77. The smallest absolute Gasteiger partial charge is 0.357 e. The van der Waals surface area contributed by atoms with Crippen LogP contribution in [0.25, 0.3) is 0 Å². The number of halogens is 2. The Hall–Kier alpha value is -2.50. The van der Waals surface area contributed by atoms with Crippen molar-refractivity contribution in [3.05, 3.63) is 59.4 Å². The Morgan fingerprint density at radius 2 is 2.05 bits per heavy atom. The Bertz CT molecular complexity index is 600. The fraction of sp³-hybridized carbons (Fsp3) is 0.0769. The minimum absolute atomic E-state index is 0.0664. The quantitative estimate of drug-likeness (QED) is 0.864. The summed E-state index contributed by atoms with van der Waals surface area (Å²) >= 11 is 0. The minimum Gasteiger partial charge on any atom is -0.456 e. The molecule has 2 N–H and O–H groups in total. The van der Waals surface area contributed by atoms with Crippen molar-refractivity contribution in [3.63, 3.8) is 0 Å². The number of aromatic nitrogens is 1. The molecule has 0 radical (unpaired) electrons. The third-order valence-electron chi connectivity index (χ3n) is 2.37. The number of anilines is 1. The zero-order chi connectivity index (χ0) is 13.8. The number of pyridine rings is 1.